The molecular formula is C12H20N2O2. The van der Waals surface area contributed by atoms with E-state index in [-0.39, 0.29) is 11.8 Å². The van der Waals surface area contributed by atoms with Crippen molar-refractivity contribution in [2.45, 2.75) is 26.7 Å². The Hall–Kier alpha value is -1.29. The molecule has 0 aliphatic rings. The van der Waals surface area contributed by atoms with Gasteiger partial charge in [-0.25, -0.2) is 0 Å². The Morgan fingerprint density at radius 1 is 1.62 bits per heavy atom. The molecule has 1 aromatic heterocycles. The summed E-state index contributed by atoms with van der Waals surface area (Å²) in [7, 11) is 0. The third kappa shape index (κ3) is 3.38. The van der Waals surface area contributed by atoms with Crippen molar-refractivity contribution in [1.29, 1.82) is 0 Å². The number of hydrogen-bond acceptors (Lipinski definition) is 3. The quantitative estimate of drug-likeness (QED) is 0.763. The number of nitrogens with one attached hydrogen (secondary N) is 1. The van der Waals surface area contributed by atoms with Gasteiger partial charge in [-0.15, -0.1) is 0 Å². The van der Waals surface area contributed by atoms with Gasteiger partial charge in [-0.3, -0.25) is 4.79 Å². The van der Waals surface area contributed by atoms with E-state index in [1.807, 2.05) is 19.9 Å². The Morgan fingerprint density at radius 3 is 2.88 bits per heavy atom. The lowest BCUT2D eigenvalue weighted by Crippen LogP contribution is -2.36. The fourth-order valence-electron chi connectivity index (χ4n) is 1.51. The summed E-state index contributed by atoms with van der Waals surface area (Å²) >= 11 is 0. The largest absolute Gasteiger partial charge is 0.469 e. The molecule has 0 aliphatic carbocycles. The molecule has 1 amide bonds. The second-order valence-electron chi connectivity index (χ2n) is 3.95. The average Bonchev–Trinajstić information content (AvgIpc) is 2.68. The minimum Gasteiger partial charge on any atom is -0.469 e. The van der Waals surface area contributed by atoms with Crippen molar-refractivity contribution >= 4 is 5.91 Å². The van der Waals surface area contributed by atoms with Gasteiger partial charge in [0.25, 0.3) is 0 Å². The molecular weight excluding hydrogens is 204 g/mol. The van der Waals surface area contributed by atoms with Crippen LogP contribution in [0.3, 0.4) is 0 Å². The smallest absolute Gasteiger partial charge is 0.224 e. The number of nitrogens with two attached hydrogens (primary N) is 1. The highest BCUT2D eigenvalue weighted by molar-refractivity contribution is 5.79. The van der Waals surface area contributed by atoms with E-state index in [0.29, 0.717) is 19.5 Å². The van der Waals surface area contributed by atoms with Gasteiger partial charge in [-0.1, -0.05) is 6.92 Å². The predicted octanol–water partition coefficient (Wildman–Crippen LogP) is 1.23. The number of rotatable bonds is 6. The third-order valence-electron chi connectivity index (χ3n) is 2.60. The van der Waals surface area contributed by atoms with E-state index in [9.17, 15) is 4.79 Å². The first kappa shape index (κ1) is 12.8. The number of carbonyl (C=O) groups excluding carboxylic acids is 1. The molecule has 0 saturated heterocycles. The SMILES string of the molecule is CCCNC(=O)C(CN)Cc1occc1C. The molecule has 4 nitrogen and oxygen atoms in total. The fraction of sp³-hybridized carbons (Fsp3) is 0.583. The summed E-state index contributed by atoms with van der Waals surface area (Å²) in [4.78, 5) is 11.7. The van der Waals surface area contributed by atoms with Crippen LogP contribution in [-0.2, 0) is 11.2 Å². The van der Waals surface area contributed by atoms with Crippen LogP contribution in [0.5, 0.6) is 0 Å². The number of hydrogen-bond donors (Lipinski definition) is 2. The molecule has 90 valence electrons. The second kappa shape index (κ2) is 6.33. The summed E-state index contributed by atoms with van der Waals surface area (Å²) in [5.74, 6) is 0.665. The summed E-state index contributed by atoms with van der Waals surface area (Å²) in [6.07, 6.45) is 3.15. The highest BCUT2D eigenvalue weighted by Crippen LogP contribution is 2.14. The molecule has 0 fully saturated rings. The van der Waals surface area contributed by atoms with Crippen LogP contribution in [0.25, 0.3) is 0 Å². The van der Waals surface area contributed by atoms with Crippen molar-refractivity contribution < 1.29 is 9.21 Å². The first-order chi connectivity index (χ1) is 7.69. The highest BCUT2D eigenvalue weighted by atomic mass is 16.3. The molecule has 1 atom stereocenters. The molecule has 0 bridgehead atoms. The van der Waals surface area contributed by atoms with Gasteiger partial charge >= 0.3 is 0 Å². The lowest BCUT2D eigenvalue weighted by Gasteiger charge is -2.13. The Balaban J connectivity index is 2.55. The van der Waals surface area contributed by atoms with Crippen molar-refractivity contribution in [3.8, 4) is 0 Å². The molecule has 3 N–H and O–H groups in total. The van der Waals surface area contributed by atoms with Crippen LogP contribution in [0.15, 0.2) is 16.7 Å². The van der Waals surface area contributed by atoms with Crippen LogP contribution < -0.4 is 11.1 Å². The van der Waals surface area contributed by atoms with Crippen molar-refractivity contribution in [2.75, 3.05) is 13.1 Å². The minimum absolute atomic E-state index is 0.0140. The number of furan rings is 1. The number of amides is 1. The zero-order chi connectivity index (χ0) is 12.0. The average molecular weight is 224 g/mol. The summed E-state index contributed by atoms with van der Waals surface area (Å²) in [6, 6.07) is 1.90. The first-order valence-corrected chi connectivity index (χ1v) is 5.69. The van der Waals surface area contributed by atoms with E-state index < -0.39 is 0 Å². The Morgan fingerprint density at radius 2 is 2.38 bits per heavy atom. The van der Waals surface area contributed by atoms with E-state index in [2.05, 4.69) is 5.32 Å². The molecule has 4 heteroatoms. The first-order valence-electron chi connectivity index (χ1n) is 5.69. The standard InChI is InChI=1S/C12H20N2O2/c1-3-5-14-12(15)10(8-13)7-11-9(2)4-6-16-11/h4,6,10H,3,5,7-8,13H2,1-2H3,(H,14,15). The van der Waals surface area contributed by atoms with Crippen LogP contribution in [-0.4, -0.2) is 19.0 Å². The lowest BCUT2D eigenvalue weighted by molar-refractivity contribution is -0.124. The molecule has 0 radical (unpaired) electrons. The third-order valence-corrected chi connectivity index (χ3v) is 2.60. The Bertz CT molecular complexity index is 334. The molecule has 1 rings (SSSR count). The van der Waals surface area contributed by atoms with Crippen molar-refractivity contribution in [3.63, 3.8) is 0 Å². The van der Waals surface area contributed by atoms with Crippen LogP contribution in [0.1, 0.15) is 24.7 Å². The maximum absolute atomic E-state index is 11.7. The summed E-state index contributed by atoms with van der Waals surface area (Å²) in [5.41, 5.74) is 6.68. The summed E-state index contributed by atoms with van der Waals surface area (Å²) < 4.78 is 5.32. The van der Waals surface area contributed by atoms with Crippen LogP contribution in [0.4, 0.5) is 0 Å². The summed E-state index contributed by atoms with van der Waals surface area (Å²) in [6.45, 7) is 5.03. The highest BCUT2D eigenvalue weighted by Gasteiger charge is 2.19. The van der Waals surface area contributed by atoms with E-state index in [1.54, 1.807) is 6.26 Å². The van der Waals surface area contributed by atoms with Crippen molar-refractivity contribution in [3.05, 3.63) is 23.7 Å². The molecule has 16 heavy (non-hydrogen) atoms. The predicted molar refractivity (Wildman–Crippen MR) is 63.0 cm³/mol. The Kier molecular flexibility index (Phi) is 5.05. The molecule has 0 spiro atoms. The molecule has 1 unspecified atom stereocenters. The van der Waals surface area contributed by atoms with Gasteiger partial charge in [-0.2, -0.15) is 0 Å². The number of carbonyl (C=O) groups is 1. The normalized spacial score (nSPS) is 12.4. The van der Waals surface area contributed by atoms with E-state index in [4.69, 9.17) is 10.2 Å². The van der Waals surface area contributed by atoms with Gasteiger partial charge < -0.3 is 15.5 Å². The van der Waals surface area contributed by atoms with E-state index in [1.165, 1.54) is 0 Å². The van der Waals surface area contributed by atoms with Gasteiger partial charge in [-0.05, 0) is 25.0 Å². The van der Waals surface area contributed by atoms with Crippen LogP contribution in [0, 0.1) is 12.8 Å². The molecule has 0 aliphatic heterocycles. The zero-order valence-corrected chi connectivity index (χ0v) is 9.95. The molecule has 0 saturated carbocycles. The lowest BCUT2D eigenvalue weighted by atomic mass is 10.0. The van der Waals surface area contributed by atoms with Crippen molar-refractivity contribution in [2.24, 2.45) is 11.7 Å². The van der Waals surface area contributed by atoms with Gasteiger partial charge in [0.05, 0.1) is 12.2 Å². The van der Waals surface area contributed by atoms with Crippen LogP contribution in [0.2, 0.25) is 0 Å². The Labute approximate surface area is 96.2 Å². The van der Waals surface area contributed by atoms with E-state index >= 15 is 0 Å². The van der Waals surface area contributed by atoms with E-state index in [0.717, 1.165) is 17.7 Å². The zero-order valence-electron chi connectivity index (χ0n) is 9.95. The maximum Gasteiger partial charge on any atom is 0.224 e. The number of aryl methyl sites for hydroxylation is 1. The van der Waals surface area contributed by atoms with Gasteiger partial charge in [0.1, 0.15) is 5.76 Å². The topological polar surface area (TPSA) is 68.3 Å². The fourth-order valence-corrected chi connectivity index (χ4v) is 1.51. The summed E-state index contributed by atoms with van der Waals surface area (Å²) in [5, 5.41) is 2.85. The monoisotopic (exact) mass is 224 g/mol. The van der Waals surface area contributed by atoms with Gasteiger partial charge in [0.2, 0.25) is 5.91 Å². The molecule has 0 aromatic carbocycles. The molecule has 1 heterocycles. The van der Waals surface area contributed by atoms with Crippen LogP contribution >= 0.6 is 0 Å². The minimum atomic E-state index is -0.198. The maximum atomic E-state index is 11.7. The van der Waals surface area contributed by atoms with Gasteiger partial charge in [0, 0.05) is 19.5 Å². The van der Waals surface area contributed by atoms with Gasteiger partial charge in [0.15, 0.2) is 0 Å². The van der Waals surface area contributed by atoms with Crippen molar-refractivity contribution in [1.82, 2.24) is 5.32 Å². The molecule has 1 aromatic rings. The second-order valence-corrected chi connectivity index (χ2v) is 3.95.